The molecule has 0 bridgehead atoms. The minimum absolute atomic E-state index is 0.0547. The Kier molecular flexibility index (Phi) is 4.43. The summed E-state index contributed by atoms with van der Waals surface area (Å²) in [6, 6.07) is -1.08. The van der Waals surface area contributed by atoms with Crippen molar-refractivity contribution >= 4 is 17.9 Å². The summed E-state index contributed by atoms with van der Waals surface area (Å²) in [7, 11) is 0. The zero-order chi connectivity index (χ0) is 15.7. The first-order valence-electron chi connectivity index (χ1n) is 6.46. The van der Waals surface area contributed by atoms with Gasteiger partial charge in [0.05, 0.1) is 5.92 Å². The van der Waals surface area contributed by atoms with Crippen LogP contribution in [0.4, 0.5) is 0 Å². The molecule has 0 radical (unpaired) electrons. The van der Waals surface area contributed by atoms with Crippen molar-refractivity contribution in [2.45, 2.75) is 51.7 Å². The third-order valence-electron chi connectivity index (χ3n) is 3.55. The summed E-state index contributed by atoms with van der Waals surface area (Å²) in [6.45, 7) is 4.90. The second kappa shape index (κ2) is 5.40. The Labute approximate surface area is 117 Å². The number of aliphatic carboxylic acids is 2. The lowest BCUT2D eigenvalue weighted by atomic mass is 9.67. The fourth-order valence-corrected chi connectivity index (χ4v) is 2.41. The number of carboxylic acids is 2. The quantitative estimate of drug-likeness (QED) is 0.512. The van der Waals surface area contributed by atoms with Gasteiger partial charge in [-0.25, -0.2) is 0 Å². The molecule has 0 spiro atoms. The number of carbonyl (C=O) groups is 3. The van der Waals surface area contributed by atoms with Gasteiger partial charge in [-0.2, -0.15) is 0 Å². The molecular formula is C13H21NO6. The molecule has 7 heteroatoms. The van der Waals surface area contributed by atoms with Crippen LogP contribution in [0.25, 0.3) is 0 Å². The molecule has 0 aromatic carbocycles. The Morgan fingerprint density at radius 1 is 1.25 bits per heavy atom. The molecule has 0 aliphatic heterocycles. The van der Waals surface area contributed by atoms with E-state index in [0.717, 1.165) is 0 Å². The van der Waals surface area contributed by atoms with E-state index in [1.807, 2.05) is 0 Å². The van der Waals surface area contributed by atoms with Gasteiger partial charge in [0, 0.05) is 6.04 Å². The van der Waals surface area contributed by atoms with Crippen molar-refractivity contribution in [2.75, 3.05) is 0 Å². The summed E-state index contributed by atoms with van der Waals surface area (Å²) in [5.41, 5.74) is 3.13. The number of hydrogen-bond acceptors (Lipinski definition) is 5. The van der Waals surface area contributed by atoms with Crippen LogP contribution in [-0.4, -0.2) is 39.8 Å². The van der Waals surface area contributed by atoms with Gasteiger partial charge in [0.15, 0.2) is 5.41 Å². The van der Waals surface area contributed by atoms with Crippen molar-refractivity contribution in [2.24, 2.45) is 17.1 Å². The summed E-state index contributed by atoms with van der Waals surface area (Å²) in [4.78, 5) is 34.8. The van der Waals surface area contributed by atoms with Crippen LogP contribution in [0.15, 0.2) is 0 Å². The largest absolute Gasteiger partial charge is 0.481 e. The lowest BCUT2D eigenvalue weighted by Crippen LogP contribution is -2.58. The minimum Gasteiger partial charge on any atom is -0.481 e. The summed E-state index contributed by atoms with van der Waals surface area (Å²) in [5.74, 6) is -4.00. The van der Waals surface area contributed by atoms with Gasteiger partial charge >= 0.3 is 17.9 Å². The molecule has 0 heterocycles. The van der Waals surface area contributed by atoms with Gasteiger partial charge in [-0.3, -0.25) is 14.4 Å². The minimum atomic E-state index is -1.86. The Balaban J connectivity index is 3.03. The van der Waals surface area contributed by atoms with E-state index in [1.54, 1.807) is 20.8 Å². The molecule has 114 valence electrons. The number of nitrogens with two attached hydrogens (primary N) is 1. The van der Waals surface area contributed by atoms with Gasteiger partial charge in [0.2, 0.25) is 0 Å². The topological polar surface area (TPSA) is 127 Å². The molecule has 1 aliphatic rings. The van der Waals surface area contributed by atoms with Gasteiger partial charge in [0.1, 0.15) is 5.60 Å². The van der Waals surface area contributed by atoms with Gasteiger partial charge < -0.3 is 20.7 Å². The molecule has 0 aromatic rings. The number of carboxylic acid groups (broad SMARTS) is 2. The molecule has 0 aromatic heterocycles. The van der Waals surface area contributed by atoms with Crippen LogP contribution >= 0.6 is 0 Å². The molecule has 3 atom stereocenters. The maximum Gasteiger partial charge on any atom is 0.325 e. The van der Waals surface area contributed by atoms with E-state index < -0.39 is 40.9 Å². The molecule has 3 unspecified atom stereocenters. The van der Waals surface area contributed by atoms with Crippen molar-refractivity contribution < 1.29 is 29.3 Å². The molecule has 1 saturated carbocycles. The summed E-state index contributed by atoms with van der Waals surface area (Å²) in [5, 5.41) is 18.4. The third kappa shape index (κ3) is 3.09. The van der Waals surface area contributed by atoms with Crippen molar-refractivity contribution in [3.63, 3.8) is 0 Å². The van der Waals surface area contributed by atoms with Gasteiger partial charge in [-0.15, -0.1) is 0 Å². The monoisotopic (exact) mass is 287 g/mol. The highest BCUT2D eigenvalue weighted by atomic mass is 16.6. The number of ether oxygens (including phenoxy) is 1. The average Bonchev–Trinajstić information content (AvgIpc) is 2.25. The van der Waals surface area contributed by atoms with Crippen molar-refractivity contribution in [1.82, 2.24) is 0 Å². The molecule has 20 heavy (non-hydrogen) atoms. The van der Waals surface area contributed by atoms with E-state index in [9.17, 15) is 19.5 Å². The van der Waals surface area contributed by atoms with Gasteiger partial charge in [-0.05, 0) is 40.0 Å². The van der Waals surface area contributed by atoms with Crippen molar-refractivity contribution in [3.8, 4) is 0 Å². The predicted molar refractivity (Wildman–Crippen MR) is 68.9 cm³/mol. The first-order valence-corrected chi connectivity index (χ1v) is 6.46. The highest BCUT2D eigenvalue weighted by Crippen LogP contribution is 2.40. The molecule has 1 rings (SSSR count). The maximum absolute atomic E-state index is 12.2. The summed E-state index contributed by atoms with van der Waals surface area (Å²) < 4.78 is 5.16. The lowest BCUT2D eigenvalue weighted by Gasteiger charge is -2.40. The van der Waals surface area contributed by atoms with Crippen LogP contribution in [0.5, 0.6) is 0 Å². The second-order valence-corrected chi connectivity index (χ2v) is 6.19. The Bertz CT molecular complexity index is 427. The maximum atomic E-state index is 12.2. The normalized spacial score (nSPS) is 30.6. The van der Waals surface area contributed by atoms with Crippen LogP contribution in [0.2, 0.25) is 0 Å². The SMILES string of the molecule is CC(C)(C)OC(=O)C1(C(=O)O)CCC(C(=O)O)CC1N. The molecule has 4 N–H and O–H groups in total. The predicted octanol–water partition coefficient (Wildman–Crippen LogP) is 0.611. The average molecular weight is 287 g/mol. The highest BCUT2D eigenvalue weighted by Gasteiger charge is 2.56. The molecule has 7 nitrogen and oxygen atoms in total. The van der Waals surface area contributed by atoms with E-state index in [2.05, 4.69) is 0 Å². The van der Waals surface area contributed by atoms with Crippen LogP contribution in [-0.2, 0) is 19.1 Å². The number of carbonyl (C=O) groups excluding carboxylic acids is 1. The van der Waals surface area contributed by atoms with Crippen molar-refractivity contribution in [3.05, 3.63) is 0 Å². The molecule has 0 saturated heterocycles. The van der Waals surface area contributed by atoms with E-state index in [0.29, 0.717) is 0 Å². The lowest BCUT2D eigenvalue weighted by molar-refractivity contribution is -0.183. The fourth-order valence-electron chi connectivity index (χ4n) is 2.41. The molecule has 1 aliphatic carbocycles. The van der Waals surface area contributed by atoms with Crippen LogP contribution in [0.3, 0.4) is 0 Å². The van der Waals surface area contributed by atoms with E-state index in [4.69, 9.17) is 15.6 Å². The van der Waals surface area contributed by atoms with Crippen LogP contribution in [0, 0.1) is 11.3 Å². The highest BCUT2D eigenvalue weighted by molar-refractivity contribution is 6.00. The Hall–Kier alpha value is -1.63. The standard InChI is InChI=1S/C13H21NO6/c1-12(2,3)20-11(19)13(10(17)18)5-4-7(9(15)16)6-8(13)14/h7-8H,4-6,14H2,1-3H3,(H,15,16)(H,17,18). The van der Waals surface area contributed by atoms with E-state index in [1.165, 1.54) is 0 Å². The third-order valence-corrected chi connectivity index (χ3v) is 3.55. The van der Waals surface area contributed by atoms with E-state index >= 15 is 0 Å². The van der Waals surface area contributed by atoms with Gasteiger partial charge in [0.25, 0.3) is 0 Å². The fraction of sp³-hybridized carbons (Fsp3) is 0.769. The summed E-state index contributed by atoms with van der Waals surface area (Å²) in [6.07, 6.45) is -0.0924. The summed E-state index contributed by atoms with van der Waals surface area (Å²) >= 11 is 0. The Morgan fingerprint density at radius 2 is 1.80 bits per heavy atom. The molecular weight excluding hydrogens is 266 g/mol. The Morgan fingerprint density at radius 3 is 2.15 bits per heavy atom. The van der Waals surface area contributed by atoms with Crippen LogP contribution < -0.4 is 5.73 Å². The number of hydrogen-bond donors (Lipinski definition) is 3. The zero-order valence-electron chi connectivity index (χ0n) is 11.9. The van der Waals surface area contributed by atoms with Gasteiger partial charge in [-0.1, -0.05) is 0 Å². The van der Waals surface area contributed by atoms with E-state index in [-0.39, 0.29) is 19.3 Å². The zero-order valence-corrected chi connectivity index (χ0v) is 11.9. The number of rotatable bonds is 3. The smallest absolute Gasteiger partial charge is 0.325 e. The molecule has 0 amide bonds. The first kappa shape index (κ1) is 16.4. The van der Waals surface area contributed by atoms with Crippen LogP contribution in [0.1, 0.15) is 40.0 Å². The first-order chi connectivity index (χ1) is 9.00. The second-order valence-electron chi connectivity index (χ2n) is 6.19. The number of esters is 1. The molecule has 1 fully saturated rings. The van der Waals surface area contributed by atoms with Crippen molar-refractivity contribution in [1.29, 1.82) is 0 Å².